The molecule has 0 atom stereocenters. The summed E-state index contributed by atoms with van der Waals surface area (Å²) in [5.74, 6) is 0. The summed E-state index contributed by atoms with van der Waals surface area (Å²) >= 11 is 0. The predicted molar refractivity (Wildman–Crippen MR) is 214 cm³/mol. The average molecular weight is 663 g/mol. The second kappa shape index (κ2) is 12.0. The van der Waals surface area contributed by atoms with Crippen molar-refractivity contribution < 1.29 is 0 Å². The van der Waals surface area contributed by atoms with E-state index >= 15 is 0 Å². The lowest BCUT2D eigenvalue weighted by atomic mass is 9.97. The van der Waals surface area contributed by atoms with Gasteiger partial charge in [0.2, 0.25) is 0 Å². The first kappa shape index (κ1) is 29.7. The zero-order chi connectivity index (χ0) is 34.6. The first-order valence-electron chi connectivity index (χ1n) is 17.5. The van der Waals surface area contributed by atoms with Gasteiger partial charge in [-0.15, -0.1) is 0 Å². The lowest BCUT2D eigenvalue weighted by molar-refractivity contribution is 1.17. The molecule has 0 unspecified atom stereocenters. The van der Waals surface area contributed by atoms with Gasteiger partial charge in [-0.05, 0) is 65.7 Å². The third-order valence-electron chi connectivity index (χ3n) is 10.2. The third-order valence-corrected chi connectivity index (χ3v) is 10.2. The van der Waals surface area contributed by atoms with Crippen molar-refractivity contribution in [3.8, 4) is 51.1 Å². The Morgan fingerprint density at radius 2 is 1.04 bits per heavy atom. The molecule has 0 radical (unpaired) electrons. The molecular formula is C48H30N4. The van der Waals surface area contributed by atoms with E-state index in [4.69, 9.17) is 4.98 Å². The molecule has 3 aromatic heterocycles. The van der Waals surface area contributed by atoms with Gasteiger partial charge in [0.25, 0.3) is 0 Å². The van der Waals surface area contributed by atoms with Gasteiger partial charge in [-0.2, -0.15) is 5.26 Å². The van der Waals surface area contributed by atoms with Crippen molar-refractivity contribution in [2.45, 2.75) is 0 Å². The van der Waals surface area contributed by atoms with E-state index in [1.54, 1.807) is 0 Å². The van der Waals surface area contributed by atoms with Gasteiger partial charge in [-0.3, -0.25) is 0 Å². The SMILES string of the molecule is N#Cc1ccccc1-c1cc(-c2ccccc2)cc(-c2ccccc2-n2c3ccccc3c3ccc4c(c5ccccc5n4-c4ccccc4)c32)n1. The number of hydrogen-bond donors (Lipinski definition) is 0. The highest BCUT2D eigenvalue weighted by atomic mass is 15.0. The fraction of sp³-hybridized carbons (Fsp3) is 0. The van der Waals surface area contributed by atoms with Crippen LogP contribution in [0.15, 0.2) is 182 Å². The molecule has 0 amide bonds. The van der Waals surface area contributed by atoms with E-state index < -0.39 is 0 Å². The minimum Gasteiger partial charge on any atom is -0.309 e. The zero-order valence-electron chi connectivity index (χ0n) is 28.1. The molecule has 0 aliphatic carbocycles. The Kier molecular flexibility index (Phi) is 6.84. The zero-order valence-corrected chi connectivity index (χ0v) is 28.1. The Hall–Kier alpha value is -7.22. The van der Waals surface area contributed by atoms with E-state index in [0.717, 1.165) is 61.6 Å². The average Bonchev–Trinajstić information content (AvgIpc) is 3.74. The summed E-state index contributed by atoms with van der Waals surface area (Å²) in [4.78, 5) is 5.33. The van der Waals surface area contributed by atoms with E-state index in [1.165, 1.54) is 27.1 Å². The van der Waals surface area contributed by atoms with Crippen molar-refractivity contribution in [3.05, 3.63) is 188 Å². The van der Waals surface area contributed by atoms with Crippen LogP contribution in [0.4, 0.5) is 0 Å². The Balaban J connectivity index is 1.32. The van der Waals surface area contributed by atoms with E-state index in [9.17, 15) is 5.26 Å². The number of pyridine rings is 1. The van der Waals surface area contributed by atoms with E-state index in [0.29, 0.717) is 5.56 Å². The molecule has 0 spiro atoms. The number of rotatable bonds is 5. The van der Waals surface area contributed by atoms with Gasteiger partial charge in [0.15, 0.2) is 0 Å². The molecule has 0 fully saturated rings. The van der Waals surface area contributed by atoms with Gasteiger partial charge in [0.05, 0.1) is 50.8 Å². The highest BCUT2D eigenvalue weighted by Gasteiger charge is 2.22. The Morgan fingerprint density at radius 3 is 1.81 bits per heavy atom. The topological polar surface area (TPSA) is 46.5 Å². The fourth-order valence-corrected chi connectivity index (χ4v) is 7.91. The minimum absolute atomic E-state index is 0.596. The van der Waals surface area contributed by atoms with Gasteiger partial charge in [-0.1, -0.05) is 127 Å². The lowest BCUT2D eigenvalue weighted by Gasteiger charge is -2.16. The maximum Gasteiger partial charge on any atom is 0.0998 e. The first-order chi connectivity index (χ1) is 25.8. The lowest BCUT2D eigenvalue weighted by Crippen LogP contribution is -2.00. The number of nitrogens with zero attached hydrogens (tertiary/aromatic N) is 4. The fourth-order valence-electron chi connectivity index (χ4n) is 7.91. The molecule has 0 aliphatic rings. The van der Waals surface area contributed by atoms with Crippen LogP contribution in [0.5, 0.6) is 0 Å². The predicted octanol–water partition coefficient (Wildman–Crippen LogP) is 12.1. The van der Waals surface area contributed by atoms with Crippen LogP contribution in [-0.2, 0) is 0 Å². The van der Waals surface area contributed by atoms with Crippen molar-refractivity contribution in [1.82, 2.24) is 14.1 Å². The quantitative estimate of drug-likeness (QED) is 0.184. The molecule has 4 nitrogen and oxygen atoms in total. The van der Waals surface area contributed by atoms with Crippen molar-refractivity contribution in [1.29, 1.82) is 5.26 Å². The molecule has 3 heterocycles. The largest absolute Gasteiger partial charge is 0.309 e. The molecule has 10 rings (SSSR count). The van der Waals surface area contributed by atoms with Crippen LogP contribution in [0.2, 0.25) is 0 Å². The minimum atomic E-state index is 0.596. The smallest absolute Gasteiger partial charge is 0.0998 e. The van der Waals surface area contributed by atoms with Crippen LogP contribution < -0.4 is 0 Å². The molecule has 0 saturated carbocycles. The Bertz CT molecular complexity index is 3020. The van der Waals surface area contributed by atoms with Crippen LogP contribution in [0.1, 0.15) is 5.56 Å². The van der Waals surface area contributed by atoms with Gasteiger partial charge in [-0.25, -0.2) is 4.98 Å². The molecule has 7 aromatic carbocycles. The van der Waals surface area contributed by atoms with Crippen LogP contribution in [0, 0.1) is 11.3 Å². The monoisotopic (exact) mass is 662 g/mol. The Morgan fingerprint density at radius 1 is 0.442 bits per heavy atom. The highest BCUT2D eigenvalue weighted by Crippen LogP contribution is 2.43. The van der Waals surface area contributed by atoms with Gasteiger partial charge in [0.1, 0.15) is 0 Å². The number of para-hydroxylation sites is 4. The summed E-state index contributed by atoms with van der Waals surface area (Å²) in [5.41, 5.74) is 12.9. The molecule has 4 heteroatoms. The molecule has 0 N–H and O–H groups in total. The molecule has 52 heavy (non-hydrogen) atoms. The van der Waals surface area contributed by atoms with Crippen LogP contribution in [-0.4, -0.2) is 14.1 Å². The molecular weight excluding hydrogens is 633 g/mol. The number of hydrogen-bond acceptors (Lipinski definition) is 2. The summed E-state index contributed by atoms with van der Waals surface area (Å²) in [7, 11) is 0. The van der Waals surface area contributed by atoms with Crippen molar-refractivity contribution >= 4 is 43.6 Å². The standard InChI is InChI=1S/C48H30N4/c49-31-33-17-7-8-20-36(33)41-29-34(32-15-3-1-4-16-32)30-42(50-41)39-22-10-13-25-44(39)52-43-24-12-9-21-37(43)38-27-28-46-47(48(38)52)40-23-11-14-26-45(40)51(46)35-18-5-2-6-19-35/h1-30H. The van der Waals surface area contributed by atoms with Gasteiger partial charge >= 0.3 is 0 Å². The number of nitriles is 1. The normalized spacial score (nSPS) is 11.4. The van der Waals surface area contributed by atoms with E-state index in [2.05, 4.69) is 167 Å². The van der Waals surface area contributed by atoms with Gasteiger partial charge in [0, 0.05) is 38.4 Å². The summed E-state index contributed by atoms with van der Waals surface area (Å²) in [5, 5.41) is 14.9. The molecule has 0 bridgehead atoms. The Labute approximate surface area is 300 Å². The van der Waals surface area contributed by atoms with Crippen molar-refractivity contribution in [2.75, 3.05) is 0 Å². The highest BCUT2D eigenvalue weighted by molar-refractivity contribution is 6.26. The second-order valence-corrected chi connectivity index (χ2v) is 13.1. The van der Waals surface area contributed by atoms with Gasteiger partial charge < -0.3 is 9.13 Å². The molecule has 0 saturated heterocycles. The first-order valence-corrected chi connectivity index (χ1v) is 17.5. The maximum absolute atomic E-state index is 10.1. The number of fused-ring (bicyclic) bond motifs is 7. The van der Waals surface area contributed by atoms with E-state index in [1.807, 2.05) is 30.3 Å². The maximum atomic E-state index is 10.1. The summed E-state index contributed by atoms with van der Waals surface area (Å²) < 4.78 is 4.81. The summed E-state index contributed by atoms with van der Waals surface area (Å²) in [6, 6.07) is 65.9. The molecule has 0 aliphatic heterocycles. The molecule has 10 aromatic rings. The van der Waals surface area contributed by atoms with Crippen LogP contribution in [0.3, 0.4) is 0 Å². The van der Waals surface area contributed by atoms with Crippen molar-refractivity contribution in [2.24, 2.45) is 0 Å². The summed E-state index contributed by atoms with van der Waals surface area (Å²) in [6.45, 7) is 0. The third kappa shape index (κ3) is 4.57. The number of benzene rings is 7. The molecule has 242 valence electrons. The number of aromatic nitrogens is 3. The second-order valence-electron chi connectivity index (χ2n) is 13.1. The van der Waals surface area contributed by atoms with E-state index in [-0.39, 0.29) is 0 Å². The van der Waals surface area contributed by atoms with Crippen LogP contribution in [0.25, 0.3) is 88.6 Å². The summed E-state index contributed by atoms with van der Waals surface area (Å²) in [6.07, 6.45) is 0. The van der Waals surface area contributed by atoms with Crippen molar-refractivity contribution in [3.63, 3.8) is 0 Å². The van der Waals surface area contributed by atoms with Crippen LogP contribution >= 0.6 is 0 Å².